The largest absolute Gasteiger partial charge is 0.449 e. The second-order valence-electron chi connectivity index (χ2n) is 4.23. The van der Waals surface area contributed by atoms with Crippen molar-refractivity contribution in [3.8, 4) is 0 Å². The summed E-state index contributed by atoms with van der Waals surface area (Å²) < 4.78 is 5.05. The summed E-state index contributed by atoms with van der Waals surface area (Å²) in [7, 11) is 0. The molecule has 0 saturated carbocycles. The number of benzene rings is 1. The second-order valence-corrected chi connectivity index (χ2v) is 5.32. The summed E-state index contributed by atoms with van der Waals surface area (Å²) >= 11 is 1.67. The average Bonchev–Trinajstić information content (AvgIpc) is 2.88. The smallest absolute Gasteiger partial charge is 0.416 e. The van der Waals surface area contributed by atoms with Gasteiger partial charge >= 0.3 is 6.09 Å². The maximum Gasteiger partial charge on any atom is 0.416 e. The highest BCUT2D eigenvalue weighted by Crippen LogP contribution is 2.47. The van der Waals surface area contributed by atoms with Gasteiger partial charge in [-0.3, -0.25) is 4.90 Å². The van der Waals surface area contributed by atoms with Gasteiger partial charge in [-0.2, -0.15) is 0 Å². The number of thioether (sulfide) groups is 1. The quantitative estimate of drug-likeness (QED) is 0.778. The van der Waals surface area contributed by atoms with Gasteiger partial charge < -0.3 is 9.64 Å². The Kier molecular flexibility index (Phi) is 2.70. The molecule has 1 aromatic rings. The van der Waals surface area contributed by atoms with Crippen molar-refractivity contribution in [1.29, 1.82) is 0 Å². The van der Waals surface area contributed by atoms with Gasteiger partial charge in [-0.05, 0) is 31.5 Å². The molecule has 0 aliphatic carbocycles. The van der Waals surface area contributed by atoms with E-state index in [4.69, 9.17) is 4.74 Å². The molecule has 94 valence electrons. The highest BCUT2D eigenvalue weighted by Gasteiger charge is 2.39. The summed E-state index contributed by atoms with van der Waals surface area (Å²) in [6.07, 6.45) is 3.42. The maximum absolute atomic E-state index is 11.8. The fourth-order valence-electron chi connectivity index (χ4n) is 2.13. The predicted molar refractivity (Wildman–Crippen MR) is 71.3 cm³/mol. The van der Waals surface area contributed by atoms with Crippen molar-refractivity contribution in [3.63, 3.8) is 0 Å². The van der Waals surface area contributed by atoms with Crippen LogP contribution in [0, 0.1) is 6.92 Å². The Labute approximate surface area is 110 Å². The molecule has 1 atom stereocenters. The summed E-state index contributed by atoms with van der Waals surface area (Å²) in [6, 6.07) is 6.33. The van der Waals surface area contributed by atoms with Crippen molar-refractivity contribution in [2.45, 2.75) is 24.2 Å². The molecular weight excluding hydrogens is 248 g/mol. The van der Waals surface area contributed by atoms with Crippen molar-refractivity contribution in [2.24, 2.45) is 0 Å². The van der Waals surface area contributed by atoms with Gasteiger partial charge in [0.15, 0.2) is 5.50 Å². The van der Waals surface area contributed by atoms with Crippen molar-refractivity contribution in [1.82, 2.24) is 4.90 Å². The Morgan fingerprint density at radius 1 is 1.44 bits per heavy atom. The minimum absolute atomic E-state index is 0.0409. The van der Waals surface area contributed by atoms with Crippen LogP contribution in [0.15, 0.2) is 35.5 Å². The van der Waals surface area contributed by atoms with Crippen LogP contribution in [0.4, 0.5) is 10.5 Å². The van der Waals surface area contributed by atoms with Gasteiger partial charge in [0.05, 0.1) is 12.3 Å². The van der Waals surface area contributed by atoms with Crippen LogP contribution in [0.5, 0.6) is 0 Å². The normalized spacial score (nSPS) is 20.0. The Morgan fingerprint density at radius 3 is 3.06 bits per heavy atom. The number of amides is 1. The lowest BCUT2D eigenvalue weighted by Gasteiger charge is -2.23. The number of aryl methyl sites for hydroxylation is 1. The van der Waals surface area contributed by atoms with Crippen LogP contribution in [0.1, 0.15) is 12.5 Å². The first-order valence-electron chi connectivity index (χ1n) is 5.90. The number of fused-ring (bicyclic) bond motifs is 3. The van der Waals surface area contributed by atoms with E-state index in [0.717, 1.165) is 5.69 Å². The molecule has 0 fully saturated rings. The third kappa shape index (κ3) is 1.66. The number of rotatable bonds is 1. The standard InChI is InChI=1S/C13H14N2O2S/c1-3-17-13(16)15-7-6-14-10-8-9(2)4-5-11(10)18-12(14)15/h4-8,12H,3H2,1-2H3. The predicted octanol–water partition coefficient (Wildman–Crippen LogP) is 3.13. The summed E-state index contributed by atoms with van der Waals surface area (Å²) in [5.74, 6) is 0. The summed E-state index contributed by atoms with van der Waals surface area (Å²) in [6.45, 7) is 4.28. The minimum atomic E-state index is -0.293. The van der Waals surface area contributed by atoms with Crippen LogP contribution < -0.4 is 4.90 Å². The molecule has 1 unspecified atom stereocenters. The van der Waals surface area contributed by atoms with Crippen LogP contribution in [0.25, 0.3) is 0 Å². The highest BCUT2D eigenvalue weighted by atomic mass is 32.2. The molecule has 0 aromatic heterocycles. The van der Waals surface area contributed by atoms with E-state index in [2.05, 4.69) is 30.0 Å². The van der Waals surface area contributed by atoms with Crippen molar-refractivity contribution in [3.05, 3.63) is 36.2 Å². The third-order valence-electron chi connectivity index (χ3n) is 2.97. The zero-order chi connectivity index (χ0) is 12.7. The van der Waals surface area contributed by atoms with E-state index in [1.807, 2.05) is 13.1 Å². The Morgan fingerprint density at radius 2 is 2.28 bits per heavy atom. The molecule has 0 N–H and O–H groups in total. The van der Waals surface area contributed by atoms with Gasteiger partial charge in [0.1, 0.15) is 0 Å². The minimum Gasteiger partial charge on any atom is -0.449 e. The molecule has 4 nitrogen and oxygen atoms in total. The molecule has 5 heteroatoms. The van der Waals surface area contributed by atoms with Gasteiger partial charge in [-0.25, -0.2) is 4.79 Å². The molecule has 2 heterocycles. The van der Waals surface area contributed by atoms with Gasteiger partial charge in [0, 0.05) is 17.3 Å². The van der Waals surface area contributed by atoms with E-state index in [1.54, 1.807) is 22.9 Å². The number of nitrogens with zero attached hydrogens (tertiary/aromatic N) is 2. The number of carbonyl (C=O) groups excluding carboxylic acids is 1. The van der Waals surface area contributed by atoms with Crippen LogP contribution >= 0.6 is 11.8 Å². The van der Waals surface area contributed by atoms with E-state index in [-0.39, 0.29) is 11.6 Å². The van der Waals surface area contributed by atoms with Crippen molar-refractivity contribution >= 4 is 23.5 Å². The maximum atomic E-state index is 11.8. The fourth-order valence-corrected chi connectivity index (χ4v) is 3.36. The number of hydrogen-bond acceptors (Lipinski definition) is 4. The number of ether oxygens (including phenoxy) is 1. The molecule has 0 bridgehead atoms. The Balaban J connectivity index is 1.88. The van der Waals surface area contributed by atoms with E-state index in [0.29, 0.717) is 6.61 Å². The van der Waals surface area contributed by atoms with E-state index >= 15 is 0 Å². The molecule has 1 amide bonds. The second kappa shape index (κ2) is 4.24. The first kappa shape index (κ1) is 11.5. The van der Waals surface area contributed by atoms with Crippen LogP contribution in [0.3, 0.4) is 0 Å². The Bertz CT molecular complexity index is 530. The lowest BCUT2D eigenvalue weighted by Crippen LogP contribution is -2.37. The summed E-state index contributed by atoms with van der Waals surface area (Å²) in [5.41, 5.74) is 2.34. The van der Waals surface area contributed by atoms with Gasteiger partial charge in [0.2, 0.25) is 0 Å². The average molecular weight is 262 g/mol. The first-order chi connectivity index (χ1) is 8.70. The zero-order valence-corrected chi connectivity index (χ0v) is 11.1. The third-order valence-corrected chi connectivity index (χ3v) is 4.23. The molecule has 0 spiro atoms. The van der Waals surface area contributed by atoms with Crippen molar-refractivity contribution in [2.75, 3.05) is 11.5 Å². The summed E-state index contributed by atoms with van der Waals surface area (Å²) in [4.78, 5) is 16.7. The molecule has 2 aliphatic rings. The van der Waals surface area contributed by atoms with Crippen LogP contribution in [0.2, 0.25) is 0 Å². The lowest BCUT2D eigenvalue weighted by molar-refractivity contribution is 0.122. The van der Waals surface area contributed by atoms with Crippen molar-refractivity contribution < 1.29 is 9.53 Å². The molecular formula is C13H14N2O2S. The monoisotopic (exact) mass is 262 g/mol. The molecule has 2 aliphatic heterocycles. The lowest BCUT2D eigenvalue weighted by atomic mass is 10.2. The topological polar surface area (TPSA) is 32.8 Å². The zero-order valence-electron chi connectivity index (χ0n) is 10.3. The van der Waals surface area contributed by atoms with E-state index in [1.165, 1.54) is 10.5 Å². The highest BCUT2D eigenvalue weighted by molar-refractivity contribution is 8.00. The SMILES string of the molecule is CCOC(=O)N1C=CN2c3cc(C)ccc3SC12. The van der Waals surface area contributed by atoms with E-state index in [9.17, 15) is 4.79 Å². The van der Waals surface area contributed by atoms with Gasteiger partial charge in [-0.15, -0.1) is 0 Å². The number of hydrogen-bond donors (Lipinski definition) is 0. The van der Waals surface area contributed by atoms with Gasteiger partial charge in [-0.1, -0.05) is 17.8 Å². The van der Waals surface area contributed by atoms with Gasteiger partial charge in [0.25, 0.3) is 0 Å². The molecule has 0 radical (unpaired) electrons. The number of carbonyl (C=O) groups is 1. The van der Waals surface area contributed by atoms with Crippen LogP contribution in [-0.4, -0.2) is 23.1 Å². The molecule has 1 aromatic carbocycles. The molecule has 3 rings (SSSR count). The number of anilines is 1. The molecule has 18 heavy (non-hydrogen) atoms. The van der Waals surface area contributed by atoms with Crippen LogP contribution in [-0.2, 0) is 4.74 Å². The van der Waals surface area contributed by atoms with E-state index < -0.39 is 0 Å². The first-order valence-corrected chi connectivity index (χ1v) is 6.77. The molecule has 0 saturated heterocycles. The summed E-state index contributed by atoms with van der Waals surface area (Å²) in [5, 5.41) is 0. The Hall–Kier alpha value is -1.62. The fraction of sp³-hybridized carbons (Fsp3) is 0.308.